The predicted molar refractivity (Wildman–Crippen MR) is 110 cm³/mol. The second kappa shape index (κ2) is 9.27. The fourth-order valence-electron chi connectivity index (χ4n) is 2.77. The van der Waals surface area contributed by atoms with Gasteiger partial charge in [0.2, 0.25) is 11.9 Å². The van der Waals surface area contributed by atoms with Crippen molar-refractivity contribution >= 4 is 49.6 Å². The van der Waals surface area contributed by atoms with E-state index in [1.165, 1.54) is 0 Å². The first kappa shape index (κ1) is 19.8. The molecule has 3 rings (SSSR count). The SMILES string of the molecule is O=C(NCCC(=O)N1CCN(c2ncc(Br)cn2)CC1)c1ccc(Br)cc1. The van der Waals surface area contributed by atoms with Gasteiger partial charge < -0.3 is 15.1 Å². The second-order valence-corrected chi connectivity index (χ2v) is 7.91. The number of hydrogen-bond acceptors (Lipinski definition) is 5. The number of carbonyl (C=O) groups excluding carboxylic acids is 2. The maximum atomic E-state index is 12.4. The molecule has 2 amide bonds. The van der Waals surface area contributed by atoms with Gasteiger partial charge >= 0.3 is 0 Å². The first-order chi connectivity index (χ1) is 13.0. The van der Waals surface area contributed by atoms with E-state index >= 15 is 0 Å². The maximum Gasteiger partial charge on any atom is 0.251 e. The predicted octanol–water partition coefficient (Wildman–Crippen LogP) is 2.47. The van der Waals surface area contributed by atoms with Gasteiger partial charge in [-0.2, -0.15) is 0 Å². The number of piperazine rings is 1. The molecule has 2 aromatic rings. The third-order valence-electron chi connectivity index (χ3n) is 4.25. The molecule has 0 unspecified atom stereocenters. The lowest BCUT2D eigenvalue weighted by atomic mass is 10.2. The summed E-state index contributed by atoms with van der Waals surface area (Å²) in [4.78, 5) is 36.9. The Morgan fingerprint density at radius 1 is 0.963 bits per heavy atom. The molecule has 1 aromatic heterocycles. The molecular weight excluding hydrogens is 478 g/mol. The molecule has 2 heterocycles. The first-order valence-corrected chi connectivity index (χ1v) is 10.2. The summed E-state index contributed by atoms with van der Waals surface area (Å²) in [6, 6.07) is 7.11. The highest BCUT2D eigenvalue weighted by atomic mass is 79.9. The summed E-state index contributed by atoms with van der Waals surface area (Å²) in [5.41, 5.74) is 0.578. The normalized spacial score (nSPS) is 14.1. The fourth-order valence-corrected chi connectivity index (χ4v) is 3.24. The molecule has 27 heavy (non-hydrogen) atoms. The lowest BCUT2D eigenvalue weighted by Gasteiger charge is -2.34. The van der Waals surface area contributed by atoms with E-state index in [0.717, 1.165) is 8.95 Å². The van der Waals surface area contributed by atoms with Gasteiger partial charge in [-0.25, -0.2) is 9.97 Å². The van der Waals surface area contributed by atoms with Crippen LogP contribution >= 0.6 is 31.9 Å². The van der Waals surface area contributed by atoms with Gasteiger partial charge in [0.25, 0.3) is 5.91 Å². The molecule has 1 aliphatic heterocycles. The Hall–Kier alpha value is -2.00. The van der Waals surface area contributed by atoms with E-state index in [4.69, 9.17) is 0 Å². The molecule has 0 radical (unpaired) electrons. The Kier molecular flexibility index (Phi) is 6.78. The van der Waals surface area contributed by atoms with Gasteiger partial charge in [0.1, 0.15) is 0 Å². The Labute approximate surface area is 174 Å². The summed E-state index contributed by atoms with van der Waals surface area (Å²) < 4.78 is 1.76. The average molecular weight is 497 g/mol. The summed E-state index contributed by atoms with van der Waals surface area (Å²) in [5.74, 6) is 0.544. The molecule has 1 aromatic carbocycles. The van der Waals surface area contributed by atoms with Crippen LogP contribution < -0.4 is 10.2 Å². The van der Waals surface area contributed by atoms with Gasteiger partial charge in [-0.15, -0.1) is 0 Å². The van der Waals surface area contributed by atoms with Crippen molar-refractivity contribution in [2.75, 3.05) is 37.6 Å². The Bertz CT molecular complexity index is 790. The van der Waals surface area contributed by atoms with Crippen LogP contribution in [-0.4, -0.2) is 59.4 Å². The quantitative estimate of drug-likeness (QED) is 0.687. The minimum atomic E-state index is -0.174. The van der Waals surface area contributed by atoms with Crippen LogP contribution in [0.3, 0.4) is 0 Å². The number of nitrogens with zero attached hydrogens (tertiary/aromatic N) is 4. The van der Waals surface area contributed by atoms with E-state index in [-0.39, 0.29) is 18.2 Å². The van der Waals surface area contributed by atoms with Crippen LogP contribution in [0.25, 0.3) is 0 Å². The van der Waals surface area contributed by atoms with Crippen LogP contribution in [0.4, 0.5) is 5.95 Å². The van der Waals surface area contributed by atoms with Crippen LogP contribution in [0.15, 0.2) is 45.6 Å². The van der Waals surface area contributed by atoms with Gasteiger partial charge in [-0.3, -0.25) is 9.59 Å². The Balaban J connectivity index is 1.41. The summed E-state index contributed by atoms with van der Waals surface area (Å²) >= 11 is 6.66. The lowest BCUT2D eigenvalue weighted by molar-refractivity contribution is -0.131. The van der Waals surface area contributed by atoms with E-state index in [9.17, 15) is 9.59 Å². The number of hydrogen-bond donors (Lipinski definition) is 1. The molecule has 1 N–H and O–H groups in total. The molecule has 7 nitrogen and oxygen atoms in total. The van der Waals surface area contributed by atoms with E-state index in [1.54, 1.807) is 24.5 Å². The first-order valence-electron chi connectivity index (χ1n) is 8.57. The van der Waals surface area contributed by atoms with Crippen molar-refractivity contribution in [1.29, 1.82) is 0 Å². The van der Waals surface area contributed by atoms with Crippen molar-refractivity contribution in [2.24, 2.45) is 0 Å². The summed E-state index contributed by atoms with van der Waals surface area (Å²) in [7, 11) is 0. The van der Waals surface area contributed by atoms with Crippen LogP contribution in [-0.2, 0) is 4.79 Å². The number of benzene rings is 1. The highest BCUT2D eigenvalue weighted by molar-refractivity contribution is 9.10. The molecule has 0 saturated carbocycles. The largest absolute Gasteiger partial charge is 0.352 e. The minimum absolute atomic E-state index is 0.0440. The van der Waals surface area contributed by atoms with Crippen LogP contribution in [0.1, 0.15) is 16.8 Å². The summed E-state index contributed by atoms with van der Waals surface area (Å²) in [6.45, 7) is 2.96. The molecule has 0 atom stereocenters. The number of anilines is 1. The lowest BCUT2D eigenvalue weighted by Crippen LogP contribution is -2.49. The highest BCUT2D eigenvalue weighted by Gasteiger charge is 2.22. The van der Waals surface area contributed by atoms with Gasteiger partial charge in [0.05, 0.1) is 4.47 Å². The van der Waals surface area contributed by atoms with Crippen molar-refractivity contribution in [3.8, 4) is 0 Å². The smallest absolute Gasteiger partial charge is 0.251 e. The minimum Gasteiger partial charge on any atom is -0.352 e. The van der Waals surface area contributed by atoms with Crippen molar-refractivity contribution in [1.82, 2.24) is 20.2 Å². The molecule has 0 bridgehead atoms. The van der Waals surface area contributed by atoms with Gasteiger partial charge in [-0.05, 0) is 40.2 Å². The molecular formula is C18H19Br2N5O2. The molecule has 142 valence electrons. The van der Waals surface area contributed by atoms with Crippen molar-refractivity contribution in [2.45, 2.75) is 6.42 Å². The van der Waals surface area contributed by atoms with Crippen molar-refractivity contribution in [3.05, 3.63) is 51.2 Å². The summed E-state index contributed by atoms with van der Waals surface area (Å²) in [6.07, 6.45) is 3.72. The molecule has 1 fully saturated rings. The molecule has 1 aliphatic rings. The third kappa shape index (κ3) is 5.49. The van der Waals surface area contributed by atoms with Crippen molar-refractivity contribution < 1.29 is 9.59 Å². The Morgan fingerprint density at radius 3 is 2.22 bits per heavy atom. The molecule has 0 spiro atoms. The fraction of sp³-hybridized carbons (Fsp3) is 0.333. The van der Waals surface area contributed by atoms with Crippen LogP contribution in [0.2, 0.25) is 0 Å². The van der Waals surface area contributed by atoms with Gasteiger partial charge in [-0.1, -0.05) is 15.9 Å². The topological polar surface area (TPSA) is 78.4 Å². The van der Waals surface area contributed by atoms with Gasteiger partial charge in [0.15, 0.2) is 0 Å². The number of carbonyl (C=O) groups is 2. The molecule has 9 heteroatoms. The zero-order chi connectivity index (χ0) is 19.2. The maximum absolute atomic E-state index is 12.4. The number of nitrogens with one attached hydrogen (secondary N) is 1. The zero-order valence-corrected chi connectivity index (χ0v) is 17.7. The van der Waals surface area contributed by atoms with Crippen LogP contribution in [0, 0.1) is 0 Å². The zero-order valence-electron chi connectivity index (χ0n) is 14.6. The van der Waals surface area contributed by atoms with Crippen molar-refractivity contribution in [3.63, 3.8) is 0 Å². The summed E-state index contributed by atoms with van der Waals surface area (Å²) in [5, 5.41) is 2.79. The van der Waals surface area contributed by atoms with Gasteiger partial charge in [0, 0.05) is 61.6 Å². The second-order valence-electron chi connectivity index (χ2n) is 6.08. The number of halogens is 2. The van der Waals surface area contributed by atoms with E-state index in [0.29, 0.717) is 44.2 Å². The number of amides is 2. The number of rotatable bonds is 5. The standard InChI is InChI=1S/C18H19Br2N5O2/c19-14-3-1-13(2-4-14)17(27)21-6-5-16(26)24-7-9-25(10-8-24)18-22-11-15(20)12-23-18/h1-4,11-12H,5-10H2,(H,21,27). The Morgan fingerprint density at radius 2 is 1.59 bits per heavy atom. The van der Waals surface area contributed by atoms with E-state index in [1.807, 2.05) is 17.0 Å². The molecule has 0 aliphatic carbocycles. The monoisotopic (exact) mass is 495 g/mol. The van der Waals surface area contributed by atoms with E-state index in [2.05, 4.69) is 52.0 Å². The third-order valence-corrected chi connectivity index (χ3v) is 5.19. The van der Waals surface area contributed by atoms with E-state index < -0.39 is 0 Å². The molecule has 1 saturated heterocycles. The average Bonchev–Trinajstić information content (AvgIpc) is 2.69. The highest BCUT2D eigenvalue weighted by Crippen LogP contribution is 2.14. The number of aromatic nitrogens is 2. The van der Waals surface area contributed by atoms with Crippen LogP contribution in [0.5, 0.6) is 0 Å².